The summed E-state index contributed by atoms with van der Waals surface area (Å²) in [7, 11) is 0. The van der Waals surface area contributed by atoms with Crippen LogP contribution in [-0.2, 0) is 38.1 Å². The smallest absolute Gasteiger partial charge is 0.267 e. The molecular weight excluding hydrogens is 938 g/mol. The minimum atomic E-state index is -9.86. The van der Waals surface area contributed by atoms with E-state index in [0.29, 0.717) is 0 Å². The molecule has 0 amide bonds. The van der Waals surface area contributed by atoms with Gasteiger partial charge in [-0.15, -0.1) is 0 Å². The molecule has 0 aliphatic heterocycles. The van der Waals surface area contributed by atoms with Crippen molar-refractivity contribution >= 4 is 24.1 Å². The fourth-order valence-corrected chi connectivity index (χ4v) is 3.84. The van der Waals surface area contributed by atoms with E-state index in [9.17, 15) is 107 Å². The number of halogens is 30. The molecule has 0 spiro atoms. The molecule has 0 bridgehead atoms. The second-order valence-corrected chi connectivity index (χ2v) is 10.4. The maximum atomic E-state index is 15.8. The lowest BCUT2D eigenvalue weighted by Gasteiger charge is -2.57. The van der Waals surface area contributed by atoms with E-state index in [1.807, 2.05) is 0 Å². The Kier molecular flexibility index (Phi) is 12.4. The predicted octanol–water partition coefficient (Wildman–Crippen LogP) is 7.92. The molecule has 0 aromatic heterocycles. The van der Waals surface area contributed by atoms with Gasteiger partial charge >= 0.3 is 102 Å². The van der Waals surface area contributed by atoms with Crippen molar-refractivity contribution in [1.82, 2.24) is 0 Å². The number of ether oxygens (including phenoxy) is 4. The summed E-state index contributed by atoms with van der Waals surface area (Å²) in [6, 6.07) is -40.3. The fourth-order valence-electron chi connectivity index (χ4n) is 3.84. The summed E-state index contributed by atoms with van der Waals surface area (Å²) in [6.07, 6.45) is -39.2. The molecule has 1 fully saturated rings. The molecule has 8 nitrogen and oxygen atoms in total. The van der Waals surface area contributed by atoms with Gasteiger partial charge in [0.1, 0.15) is 0 Å². The highest BCUT2D eigenvalue weighted by Gasteiger charge is 3.01. The van der Waals surface area contributed by atoms with Gasteiger partial charge in [0, 0.05) is 0 Å². The van der Waals surface area contributed by atoms with Crippen LogP contribution >= 0.6 is 0 Å². The first-order valence-electron chi connectivity index (χ1n) is 12.3. The van der Waals surface area contributed by atoms with Crippen molar-refractivity contribution < 1.29 is 170 Å². The van der Waals surface area contributed by atoms with Crippen molar-refractivity contribution in [3.05, 3.63) is 0 Å². The second-order valence-electron chi connectivity index (χ2n) is 10.4. The van der Waals surface area contributed by atoms with E-state index in [4.69, 9.17) is 0 Å². The van der Waals surface area contributed by atoms with E-state index in [1.165, 1.54) is 18.9 Å². The molecular formula is C20H2F30O8. The highest BCUT2D eigenvalue weighted by Crippen LogP contribution is 2.72. The second kappa shape index (κ2) is 13.7. The van der Waals surface area contributed by atoms with Crippen LogP contribution in [0.1, 0.15) is 6.42 Å². The zero-order chi connectivity index (χ0) is 47.3. The van der Waals surface area contributed by atoms with Crippen LogP contribution in [-0.4, -0.2) is 113 Å². The number of hydrogen-bond donors (Lipinski definition) is 0. The van der Waals surface area contributed by atoms with E-state index >= 15 is 43.9 Å². The summed E-state index contributed by atoms with van der Waals surface area (Å²) in [6.45, 7) is 0. The highest BCUT2D eigenvalue weighted by molar-refractivity contribution is 5.79. The van der Waals surface area contributed by atoms with E-state index in [0.717, 1.165) is 0 Å². The minimum absolute atomic E-state index is 1.35. The lowest BCUT2D eigenvalue weighted by atomic mass is 9.67. The zero-order valence-corrected chi connectivity index (χ0v) is 24.8. The lowest BCUT2D eigenvalue weighted by molar-refractivity contribution is -0.567. The van der Waals surface area contributed by atoms with E-state index in [2.05, 4.69) is 0 Å². The number of hydrogen-bond acceptors (Lipinski definition) is 8. The van der Waals surface area contributed by atoms with Crippen LogP contribution < -0.4 is 0 Å². The van der Waals surface area contributed by atoms with Gasteiger partial charge in [-0.05, 0) is 0 Å². The third-order valence-corrected chi connectivity index (χ3v) is 6.74. The molecule has 0 N–H and O–H groups in total. The summed E-state index contributed by atoms with van der Waals surface area (Å²) in [5.41, 5.74) is -18.5. The van der Waals surface area contributed by atoms with Crippen molar-refractivity contribution in [1.29, 1.82) is 0 Å². The van der Waals surface area contributed by atoms with Crippen molar-refractivity contribution in [3.63, 3.8) is 0 Å². The van der Waals surface area contributed by atoms with Crippen LogP contribution in [0.5, 0.6) is 0 Å². The van der Waals surface area contributed by atoms with Crippen LogP contribution in [0.3, 0.4) is 0 Å². The van der Waals surface area contributed by atoms with E-state index in [-0.39, 0.29) is 0 Å². The van der Waals surface area contributed by atoms with Gasteiger partial charge in [-0.25, -0.2) is 17.6 Å². The molecule has 1 aliphatic carbocycles. The number of carbonyl (C=O) groups excluding carboxylic acids is 4. The monoisotopic (exact) mass is 940 g/mol. The maximum absolute atomic E-state index is 15.8. The number of rotatable bonds is 14. The lowest BCUT2D eigenvalue weighted by Crippen LogP contribution is -2.87. The van der Waals surface area contributed by atoms with Crippen molar-refractivity contribution in [2.45, 2.75) is 95.7 Å². The summed E-state index contributed by atoms with van der Waals surface area (Å²) in [4.78, 5) is 42.3. The molecule has 0 saturated heterocycles. The molecule has 0 aromatic carbocycles. The molecule has 1 saturated carbocycles. The summed E-state index contributed by atoms with van der Waals surface area (Å²) >= 11 is 0. The van der Waals surface area contributed by atoms with Gasteiger partial charge in [0.05, 0.1) is 6.42 Å². The van der Waals surface area contributed by atoms with Crippen LogP contribution in [0.15, 0.2) is 0 Å². The molecule has 38 heteroatoms. The molecule has 1 rings (SSSR count). The Bertz CT molecular complexity index is 1570. The van der Waals surface area contributed by atoms with Gasteiger partial charge in [0.15, 0.2) is 0 Å². The highest BCUT2D eigenvalue weighted by atomic mass is 19.4. The third kappa shape index (κ3) is 7.03. The van der Waals surface area contributed by atoms with Gasteiger partial charge in [0.25, 0.3) is 11.6 Å². The maximum Gasteiger partial charge on any atom is 0.459 e. The van der Waals surface area contributed by atoms with Crippen LogP contribution in [0.25, 0.3) is 0 Å². The Labute approximate surface area is 291 Å². The number of alkyl halides is 26. The van der Waals surface area contributed by atoms with Crippen LogP contribution in [0.2, 0.25) is 0 Å². The standard InChI is InChI=1S/C20H2F30O8/c21-2(51)8(28,15(37,38)39)55-19(49,56-9(29,3(22)52)16(40,41)42)6(25)1-7(26,27)12(32,14(35,36)13(6,33)34)20(50,57-10(30,4(23)53)17(43,44)45)58-11(31,5(24)54)18(46,47)48/h1H2. The molecule has 58 heavy (non-hydrogen) atoms. The van der Waals surface area contributed by atoms with Crippen molar-refractivity contribution in [2.75, 3.05) is 0 Å². The summed E-state index contributed by atoms with van der Waals surface area (Å²) in [5.74, 6) is -61.4. The van der Waals surface area contributed by atoms with Crippen LogP contribution in [0.4, 0.5) is 132 Å². The molecule has 1 aliphatic rings. The third-order valence-electron chi connectivity index (χ3n) is 6.74. The van der Waals surface area contributed by atoms with Gasteiger partial charge in [-0.2, -0.15) is 114 Å². The first-order chi connectivity index (χ1) is 24.8. The molecule has 340 valence electrons. The Morgan fingerprint density at radius 2 is 0.569 bits per heavy atom. The van der Waals surface area contributed by atoms with Crippen LogP contribution in [0, 0.1) is 0 Å². The average Bonchev–Trinajstić information content (AvgIpc) is 2.96. The van der Waals surface area contributed by atoms with Gasteiger partial charge in [0.2, 0.25) is 0 Å². The summed E-state index contributed by atoms with van der Waals surface area (Å²) in [5, 5.41) is 0. The Morgan fingerprint density at radius 1 is 0.362 bits per heavy atom. The first kappa shape index (κ1) is 52.4. The normalized spacial score (nSPS) is 29.0. The SMILES string of the molecule is O=C(F)C(F)(OC(F)(OC(F)(C(=O)F)C(F)(F)F)C1(F)CC(F)(F)C(F)(C(F)(OC(F)(C(=O)F)C(F)(F)F)OC(F)(C(=O)F)C(F)(F)F)C(F)(F)C1(F)F)C(F)(F)F. The molecule has 0 aromatic rings. The predicted molar refractivity (Wildman–Crippen MR) is 103 cm³/mol. The Balaban J connectivity index is 4.82. The van der Waals surface area contributed by atoms with Gasteiger partial charge < -0.3 is 0 Å². The van der Waals surface area contributed by atoms with Gasteiger partial charge in [-0.3, -0.25) is 38.1 Å². The quantitative estimate of drug-likeness (QED) is 0.0984. The number of carbonyl (C=O) groups is 4. The first-order valence-corrected chi connectivity index (χ1v) is 12.3. The van der Waals surface area contributed by atoms with Gasteiger partial charge in [-0.1, -0.05) is 0 Å². The minimum Gasteiger partial charge on any atom is -0.267 e. The molecule has 6 unspecified atom stereocenters. The van der Waals surface area contributed by atoms with E-state index < -0.39 is 120 Å². The fraction of sp³-hybridized carbons (Fsp3) is 0.800. The Morgan fingerprint density at radius 3 is 0.759 bits per heavy atom. The Hall–Kier alpha value is -3.58. The summed E-state index contributed by atoms with van der Waals surface area (Å²) < 4.78 is 426. The van der Waals surface area contributed by atoms with E-state index in [1.54, 1.807) is 0 Å². The molecule has 6 atom stereocenters. The largest absolute Gasteiger partial charge is 0.459 e. The molecule has 0 heterocycles. The average molecular weight is 940 g/mol. The van der Waals surface area contributed by atoms with Crippen molar-refractivity contribution in [2.24, 2.45) is 0 Å². The topological polar surface area (TPSA) is 105 Å². The molecule has 0 radical (unpaired) electrons. The zero-order valence-electron chi connectivity index (χ0n) is 24.8. The van der Waals surface area contributed by atoms with Crippen molar-refractivity contribution in [3.8, 4) is 0 Å².